The molecular formula is C16H22BrN. The molecule has 0 aliphatic heterocycles. The molecule has 1 unspecified atom stereocenters. The average Bonchev–Trinajstić information content (AvgIpc) is 2.73. The highest BCUT2D eigenvalue weighted by Gasteiger charge is 2.15. The lowest BCUT2D eigenvalue weighted by molar-refractivity contribution is 0.596. The molecule has 1 aromatic carbocycles. The van der Waals surface area contributed by atoms with Gasteiger partial charge in [-0.3, -0.25) is 0 Å². The number of hydrogen-bond acceptors (Lipinski definition) is 0. The summed E-state index contributed by atoms with van der Waals surface area (Å²) < 4.78 is 3.53. The minimum Gasteiger partial charge on any atom is -0.347 e. The summed E-state index contributed by atoms with van der Waals surface area (Å²) in [6, 6.07) is 6.66. The zero-order chi connectivity index (χ0) is 13.1. The van der Waals surface area contributed by atoms with Gasteiger partial charge in [0, 0.05) is 28.1 Å². The number of rotatable bonds is 5. The van der Waals surface area contributed by atoms with Gasteiger partial charge < -0.3 is 4.57 Å². The molecule has 2 rings (SSSR count). The first-order valence-electron chi connectivity index (χ1n) is 6.99. The van der Waals surface area contributed by atoms with Crippen molar-refractivity contribution in [3.05, 3.63) is 34.4 Å². The van der Waals surface area contributed by atoms with Gasteiger partial charge in [0.15, 0.2) is 0 Å². The predicted octanol–water partition coefficient (Wildman–Crippen LogP) is 5.72. The normalized spacial score (nSPS) is 13.1. The Morgan fingerprint density at radius 2 is 2.00 bits per heavy atom. The van der Waals surface area contributed by atoms with Crippen molar-refractivity contribution in [2.45, 2.75) is 52.5 Å². The zero-order valence-electron chi connectivity index (χ0n) is 11.5. The van der Waals surface area contributed by atoms with E-state index in [-0.39, 0.29) is 0 Å². The van der Waals surface area contributed by atoms with Crippen molar-refractivity contribution < 1.29 is 0 Å². The van der Waals surface area contributed by atoms with Crippen molar-refractivity contribution in [2.75, 3.05) is 0 Å². The van der Waals surface area contributed by atoms with Crippen LogP contribution in [0.2, 0.25) is 0 Å². The summed E-state index contributed by atoms with van der Waals surface area (Å²) in [5.74, 6) is 0.700. The van der Waals surface area contributed by atoms with Crippen LogP contribution < -0.4 is 0 Å². The van der Waals surface area contributed by atoms with E-state index in [1.165, 1.54) is 35.7 Å². The third-order valence-electron chi connectivity index (χ3n) is 3.79. The quantitative estimate of drug-likeness (QED) is 0.666. The van der Waals surface area contributed by atoms with Gasteiger partial charge in [0.05, 0.1) is 0 Å². The summed E-state index contributed by atoms with van der Waals surface area (Å²) in [4.78, 5) is 0. The smallest absolute Gasteiger partial charge is 0.0494 e. The number of fused-ring (bicyclic) bond motifs is 1. The van der Waals surface area contributed by atoms with E-state index in [0.717, 1.165) is 11.0 Å². The molecule has 0 spiro atoms. The van der Waals surface area contributed by atoms with Gasteiger partial charge in [0.25, 0.3) is 0 Å². The van der Waals surface area contributed by atoms with Crippen molar-refractivity contribution in [2.24, 2.45) is 0 Å². The second-order valence-corrected chi connectivity index (χ2v) is 5.84. The summed E-state index contributed by atoms with van der Waals surface area (Å²) in [7, 11) is 0. The molecule has 0 N–H and O–H groups in total. The molecule has 18 heavy (non-hydrogen) atoms. The van der Waals surface area contributed by atoms with E-state index in [1.54, 1.807) is 0 Å². The molecule has 1 aromatic heterocycles. The maximum atomic E-state index is 3.58. The number of nitrogens with zero attached hydrogens (tertiary/aromatic N) is 1. The van der Waals surface area contributed by atoms with Crippen molar-refractivity contribution in [1.29, 1.82) is 0 Å². The van der Waals surface area contributed by atoms with Gasteiger partial charge in [-0.15, -0.1) is 0 Å². The Labute approximate surface area is 118 Å². The largest absolute Gasteiger partial charge is 0.347 e. The fourth-order valence-electron chi connectivity index (χ4n) is 2.81. The summed E-state index contributed by atoms with van der Waals surface area (Å²) in [6.45, 7) is 7.83. The van der Waals surface area contributed by atoms with Crippen LogP contribution in [0.5, 0.6) is 0 Å². The maximum absolute atomic E-state index is 3.58. The Morgan fingerprint density at radius 1 is 1.22 bits per heavy atom. The fourth-order valence-corrected chi connectivity index (χ4v) is 3.16. The first-order valence-corrected chi connectivity index (χ1v) is 7.78. The summed E-state index contributed by atoms with van der Waals surface area (Å²) in [6.07, 6.45) is 6.14. The van der Waals surface area contributed by atoms with Crippen LogP contribution in [-0.4, -0.2) is 4.57 Å². The summed E-state index contributed by atoms with van der Waals surface area (Å²) >= 11 is 3.58. The van der Waals surface area contributed by atoms with Crippen molar-refractivity contribution in [3.63, 3.8) is 0 Å². The van der Waals surface area contributed by atoms with E-state index in [0.29, 0.717) is 5.92 Å². The number of halogens is 1. The summed E-state index contributed by atoms with van der Waals surface area (Å²) in [5, 5.41) is 1.43. The number of benzene rings is 1. The SMILES string of the molecule is CCCC(CC)c1cn(CC)c2cc(Br)ccc12. The zero-order valence-corrected chi connectivity index (χ0v) is 13.1. The maximum Gasteiger partial charge on any atom is 0.0494 e. The fraction of sp³-hybridized carbons (Fsp3) is 0.500. The Balaban J connectivity index is 2.57. The molecule has 2 heteroatoms. The van der Waals surface area contributed by atoms with Crippen LogP contribution in [0.3, 0.4) is 0 Å². The van der Waals surface area contributed by atoms with E-state index < -0.39 is 0 Å². The molecular weight excluding hydrogens is 286 g/mol. The van der Waals surface area contributed by atoms with Crippen LogP contribution >= 0.6 is 15.9 Å². The van der Waals surface area contributed by atoms with Gasteiger partial charge in [0.2, 0.25) is 0 Å². The minimum absolute atomic E-state index is 0.700. The molecule has 1 nitrogen and oxygen atoms in total. The van der Waals surface area contributed by atoms with Crippen molar-refractivity contribution in [1.82, 2.24) is 4.57 Å². The monoisotopic (exact) mass is 307 g/mol. The molecule has 0 bridgehead atoms. The molecule has 0 aliphatic carbocycles. The Bertz CT molecular complexity index is 527. The van der Waals surface area contributed by atoms with Crippen LogP contribution in [0.1, 0.15) is 51.5 Å². The molecule has 1 atom stereocenters. The number of hydrogen-bond donors (Lipinski definition) is 0. The van der Waals surface area contributed by atoms with Crippen molar-refractivity contribution in [3.8, 4) is 0 Å². The third-order valence-corrected chi connectivity index (χ3v) is 4.28. The van der Waals surface area contributed by atoms with Crippen LogP contribution in [0, 0.1) is 0 Å². The number of aromatic nitrogens is 1. The van der Waals surface area contributed by atoms with E-state index >= 15 is 0 Å². The highest BCUT2D eigenvalue weighted by atomic mass is 79.9. The lowest BCUT2D eigenvalue weighted by Gasteiger charge is -2.12. The van der Waals surface area contributed by atoms with E-state index in [9.17, 15) is 0 Å². The molecule has 0 saturated carbocycles. The second-order valence-electron chi connectivity index (χ2n) is 4.93. The molecule has 0 fully saturated rings. The first kappa shape index (κ1) is 13.7. The Hall–Kier alpha value is -0.760. The Morgan fingerprint density at radius 3 is 2.61 bits per heavy atom. The highest BCUT2D eigenvalue weighted by Crippen LogP contribution is 2.33. The van der Waals surface area contributed by atoms with Gasteiger partial charge in [-0.1, -0.05) is 42.3 Å². The van der Waals surface area contributed by atoms with Gasteiger partial charge >= 0.3 is 0 Å². The average molecular weight is 308 g/mol. The minimum atomic E-state index is 0.700. The molecule has 0 saturated heterocycles. The van der Waals surface area contributed by atoms with E-state index in [2.05, 4.69) is 65.7 Å². The third kappa shape index (κ3) is 2.49. The second kappa shape index (κ2) is 5.92. The molecule has 1 heterocycles. The first-order chi connectivity index (χ1) is 8.71. The van der Waals surface area contributed by atoms with Gasteiger partial charge in [-0.25, -0.2) is 0 Å². The standard InChI is InChI=1S/C16H22BrN/c1-4-7-12(5-2)15-11-18(6-3)16-10-13(17)8-9-14(15)16/h8-12H,4-7H2,1-3H3. The Kier molecular flexibility index (Phi) is 4.50. The lowest BCUT2D eigenvalue weighted by atomic mass is 9.92. The van der Waals surface area contributed by atoms with Crippen LogP contribution in [0.4, 0.5) is 0 Å². The highest BCUT2D eigenvalue weighted by molar-refractivity contribution is 9.10. The molecule has 0 amide bonds. The number of aryl methyl sites for hydroxylation is 1. The molecule has 98 valence electrons. The predicted molar refractivity (Wildman–Crippen MR) is 83.3 cm³/mol. The van der Waals surface area contributed by atoms with Crippen LogP contribution in [0.25, 0.3) is 10.9 Å². The molecule has 0 radical (unpaired) electrons. The lowest BCUT2D eigenvalue weighted by Crippen LogP contribution is -1.96. The summed E-state index contributed by atoms with van der Waals surface area (Å²) in [5.41, 5.74) is 2.89. The van der Waals surface area contributed by atoms with E-state index in [1.807, 2.05) is 0 Å². The molecule has 2 aromatic rings. The topological polar surface area (TPSA) is 4.93 Å². The van der Waals surface area contributed by atoms with E-state index in [4.69, 9.17) is 0 Å². The van der Waals surface area contributed by atoms with Crippen molar-refractivity contribution >= 4 is 26.8 Å². The van der Waals surface area contributed by atoms with Gasteiger partial charge in [-0.2, -0.15) is 0 Å². The van der Waals surface area contributed by atoms with Crippen LogP contribution in [-0.2, 0) is 6.54 Å². The molecule has 0 aliphatic rings. The van der Waals surface area contributed by atoms with Gasteiger partial charge in [-0.05, 0) is 43.4 Å². The van der Waals surface area contributed by atoms with Crippen LogP contribution in [0.15, 0.2) is 28.9 Å². The van der Waals surface area contributed by atoms with Gasteiger partial charge in [0.1, 0.15) is 0 Å².